The predicted octanol–water partition coefficient (Wildman–Crippen LogP) is 2.07. The van der Waals surface area contributed by atoms with Crippen molar-refractivity contribution in [2.24, 2.45) is 0 Å². The monoisotopic (exact) mass is 280 g/mol. The van der Waals surface area contributed by atoms with Crippen molar-refractivity contribution < 1.29 is 9.90 Å². The normalized spacial score (nSPS) is 10.6. The molecule has 0 spiro atoms. The fourth-order valence-corrected chi connectivity index (χ4v) is 2.07. The first-order valence-electron chi connectivity index (χ1n) is 5.80. The van der Waals surface area contributed by atoms with E-state index in [0.717, 1.165) is 5.56 Å². The Morgan fingerprint density at radius 1 is 1.32 bits per heavy atom. The first kappa shape index (κ1) is 13.4. The van der Waals surface area contributed by atoms with Crippen LogP contribution in [0.15, 0.2) is 35.3 Å². The molecule has 0 aliphatic rings. The van der Waals surface area contributed by atoms with Gasteiger partial charge in [-0.05, 0) is 24.6 Å². The molecule has 0 unspecified atom stereocenters. The third kappa shape index (κ3) is 2.71. The van der Waals surface area contributed by atoms with Gasteiger partial charge in [-0.1, -0.05) is 23.7 Å². The van der Waals surface area contributed by atoms with Gasteiger partial charge in [-0.25, -0.2) is 4.79 Å². The van der Waals surface area contributed by atoms with E-state index in [1.54, 1.807) is 30.5 Å². The lowest BCUT2D eigenvalue weighted by atomic mass is 10.2. The van der Waals surface area contributed by atoms with Crippen molar-refractivity contribution in [3.63, 3.8) is 0 Å². The molecule has 1 aromatic heterocycles. The van der Waals surface area contributed by atoms with Gasteiger partial charge in [0.05, 0.1) is 5.69 Å². The maximum absolute atomic E-state index is 12.0. The first-order valence-corrected chi connectivity index (χ1v) is 6.18. The van der Waals surface area contributed by atoms with Crippen molar-refractivity contribution in [2.75, 3.05) is 0 Å². The molecule has 0 amide bonds. The predicted molar refractivity (Wildman–Crippen MR) is 72.4 cm³/mol. The summed E-state index contributed by atoms with van der Waals surface area (Å²) < 4.78 is 2.72. The number of halogens is 1. The first-order chi connectivity index (χ1) is 9.02. The number of aliphatic carboxylic acids is 1. The molecule has 1 heterocycles. The quantitative estimate of drug-likeness (QED) is 0.932. The van der Waals surface area contributed by atoms with Crippen LogP contribution in [0.2, 0.25) is 5.02 Å². The second kappa shape index (κ2) is 5.32. The molecule has 5 nitrogen and oxygen atoms in total. The molecule has 2 aromatic rings. The highest BCUT2D eigenvalue weighted by molar-refractivity contribution is 6.30. The maximum atomic E-state index is 12.0. The Morgan fingerprint density at radius 3 is 2.47 bits per heavy atom. The zero-order valence-electron chi connectivity index (χ0n) is 10.3. The summed E-state index contributed by atoms with van der Waals surface area (Å²) >= 11 is 5.83. The molecule has 0 fully saturated rings. The molecule has 0 aliphatic heterocycles. The van der Waals surface area contributed by atoms with Gasteiger partial charge in [0.15, 0.2) is 0 Å². The van der Waals surface area contributed by atoms with Crippen LogP contribution < -0.4 is 5.69 Å². The molecule has 0 aliphatic carbocycles. The van der Waals surface area contributed by atoms with E-state index in [0.29, 0.717) is 17.3 Å². The van der Waals surface area contributed by atoms with E-state index in [2.05, 4.69) is 0 Å². The number of carbonyl (C=O) groups is 1. The summed E-state index contributed by atoms with van der Waals surface area (Å²) in [6.45, 7) is 1.97. The second-order valence-electron chi connectivity index (χ2n) is 4.07. The maximum Gasteiger partial charge on any atom is 0.329 e. The van der Waals surface area contributed by atoms with Crippen LogP contribution in [0.1, 0.15) is 6.92 Å². The third-order valence-electron chi connectivity index (χ3n) is 2.81. The van der Waals surface area contributed by atoms with Crippen molar-refractivity contribution in [2.45, 2.75) is 20.0 Å². The summed E-state index contributed by atoms with van der Waals surface area (Å²) in [5.74, 6) is -1.04. The van der Waals surface area contributed by atoms with Crippen LogP contribution in [0.4, 0.5) is 0 Å². The van der Waals surface area contributed by atoms with Crippen LogP contribution >= 0.6 is 11.6 Å². The van der Waals surface area contributed by atoms with E-state index in [4.69, 9.17) is 16.7 Å². The summed E-state index contributed by atoms with van der Waals surface area (Å²) in [5, 5.41) is 9.40. The van der Waals surface area contributed by atoms with Gasteiger partial charge in [-0.3, -0.25) is 13.9 Å². The Bertz CT molecular complexity index is 656. The van der Waals surface area contributed by atoms with Gasteiger partial charge in [0.25, 0.3) is 0 Å². The topological polar surface area (TPSA) is 64.2 Å². The number of carboxylic acid groups (broad SMARTS) is 1. The average Bonchev–Trinajstić information content (AvgIpc) is 2.66. The molecule has 0 saturated carbocycles. The van der Waals surface area contributed by atoms with Crippen LogP contribution in [0.5, 0.6) is 0 Å². The molecule has 1 N–H and O–H groups in total. The summed E-state index contributed by atoms with van der Waals surface area (Å²) in [5.41, 5.74) is 1.19. The summed E-state index contributed by atoms with van der Waals surface area (Å²) in [6.07, 6.45) is 1.56. The van der Waals surface area contributed by atoms with Gasteiger partial charge in [-0.15, -0.1) is 0 Å². The number of rotatable bonds is 4. The lowest BCUT2D eigenvalue weighted by Crippen LogP contribution is -2.26. The summed E-state index contributed by atoms with van der Waals surface area (Å²) in [6, 6.07) is 7.06. The Morgan fingerprint density at radius 2 is 1.95 bits per heavy atom. The van der Waals surface area contributed by atoms with Crippen LogP contribution in [0, 0.1) is 0 Å². The fraction of sp³-hybridized carbons (Fsp3) is 0.231. The van der Waals surface area contributed by atoms with Crippen molar-refractivity contribution in [1.82, 2.24) is 9.13 Å². The largest absolute Gasteiger partial charge is 0.480 e. The van der Waals surface area contributed by atoms with Crippen LogP contribution in [-0.2, 0) is 17.9 Å². The lowest BCUT2D eigenvalue weighted by Gasteiger charge is -2.03. The Kier molecular flexibility index (Phi) is 3.76. The molecule has 2 rings (SSSR count). The van der Waals surface area contributed by atoms with Crippen molar-refractivity contribution in [1.29, 1.82) is 0 Å². The molecule has 1 aromatic carbocycles. The molecular weight excluding hydrogens is 268 g/mol. The minimum absolute atomic E-state index is 0.324. The highest BCUT2D eigenvalue weighted by Crippen LogP contribution is 2.20. The molecule has 0 radical (unpaired) electrons. The van der Waals surface area contributed by atoms with Gasteiger partial charge >= 0.3 is 11.7 Å². The van der Waals surface area contributed by atoms with Crippen molar-refractivity contribution >= 4 is 17.6 Å². The van der Waals surface area contributed by atoms with Gasteiger partial charge < -0.3 is 5.11 Å². The highest BCUT2D eigenvalue weighted by atomic mass is 35.5. The number of imidazole rings is 1. The number of benzene rings is 1. The molecule has 0 saturated heterocycles. The summed E-state index contributed by atoms with van der Waals surface area (Å²) in [7, 11) is 0. The zero-order valence-corrected chi connectivity index (χ0v) is 11.1. The van der Waals surface area contributed by atoms with Gasteiger partial charge in [0.1, 0.15) is 6.54 Å². The van der Waals surface area contributed by atoms with E-state index in [1.807, 2.05) is 6.92 Å². The van der Waals surface area contributed by atoms with Crippen molar-refractivity contribution in [3.05, 3.63) is 46.0 Å². The molecule has 0 atom stereocenters. The van der Waals surface area contributed by atoms with Crippen LogP contribution in [-0.4, -0.2) is 20.2 Å². The Hall–Kier alpha value is -2.01. The van der Waals surface area contributed by atoms with E-state index in [9.17, 15) is 9.59 Å². The molecule has 19 heavy (non-hydrogen) atoms. The third-order valence-corrected chi connectivity index (χ3v) is 3.06. The van der Waals surface area contributed by atoms with Gasteiger partial charge in [0, 0.05) is 17.8 Å². The Balaban J connectivity index is 2.53. The molecule has 0 bridgehead atoms. The molecular formula is C13H13ClN2O3. The number of aromatic nitrogens is 2. The summed E-state index contributed by atoms with van der Waals surface area (Å²) in [4.78, 5) is 22.8. The van der Waals surface area contributed by atoms with Gasteiger partial charge in [-0.2, -0.15) is 0 Å². The van der Waals surface area contributed by atoms with Crippen LogP contribution in [0.3, 0.4) is 0 Å². The van der Waals surface area contributed by atoms with Gasteiger partial charge in [0.2, 0.25) is 0 Å². The number of carboxylic acids is 1. The van der Waals surface area contributed by atoms with Crippen LogP contribution in [0.25, 0.3) is 11.3 Å². The van der Waals surface area contributed by atoms with Crippen molar-refractivity contribution in [3.8, 4) is 11.3 Å². The molecule has 100 valence electrons. The number of nitrogens with zero attached hydrogens (tertiary/aromatic N) is 2. The standard InChI is InChI=1S/C13H13ClN2O3/c1-2-16-11(9-3-5-10(14)6-4-9)7-15(13(16)19)8-12(17)18/h3-7H,2,8H2,1H3,(H,17,18). The van der Waals surface area contributed by atoms with E-state index in [1.165, 1.54) is 9.13 Å². The van der Waals surface area contributed by atoms with E-state index >= 15 is 0 Å². The average molecular weight is 281 g/mol. The molecule has 6 heteroatoms. The number of hydrogen-bond donors (Lipinski definition) is 1. The SMILES string of the molecule is CCn1c(-c2ccc(Cl)cc2)cn(CC(=O)O)c1=O. The lowest BCUT2D eigenvalue weighted by molar-refractivity contribution is -0.137. The Labute approximate surface area is 114 Å². The van der Waals surface area contributed by atoms with E-state index < -0.39 is 5.97 Å². The second-order valence-corrected chi connectivity index (χ2v) is 4.51. The minimum atomic E-state index is -1.04. The highest BCUT2D eigenvalue weighted by Gasteiger charge is 2.13. The number of hydrogen-bond acceptors (Lipinski definition) is 2. The fourth-order valence-electron chi connectivity index (χ4n) is 1.95. The smallest absolute Gasteiger partial charge is 0.329 e. The minimum Gasteiger partial charge on any atom is -0.480 e. The zero-order chi connectivity index (χ0) is 14.0. The van der Waals surface area contributed by atoms with E-state index in [-0.39, 0.29) is 12.2 Å².